The third kappa shape index (κ3) is 2.58. The maximum atomic E-state index is 9.23. The molecule has 0 bridgehead atoms. The van der Waals surface area contributed by atoms with Crippen LogP contribution in [0.5, 0.6) is 0 Å². The zero-order chi connectivity index (χ0) is 11.5. The van der Waals surface area contributed by atoms with Gasteiger partial charge in [0.15, 0.2) is 0 Å². The highest BCUT2D eigenvalue weighted by molar-refractivity contribution is 9.10. The number of hydrogen-bond donors (Lipinski definition) is 1. The number of hydrogen-bond acceptors (Lipinski definition) is 2. The third-order valence-electron chi connectivity index (χ3n) is 3.22. The van der Waals surface area contributed by atoms with E-state index in [1.165, 1.54) is 17.7 Å². The van der Waals surface area contributed by atoms with E-state index < -0.39 is 0 Å². The second-order valence-electron chi connectivity index (χ2n) is 4.59. The van der Waals surface area contributed by atoms with E-state index in [9.17, 15) is 5.11 Å². The van der Waals surface area contributed by atoms with Crippen LogP contribution in [0, 0.1) is 12.8 Å². The highest BCUT2D eigenvalue weighted by Gasteiger charge is 2.20. The van der Waals surface area contributed by atoms with Crippen molar-refractivity contribution in [1.29, 1.82) is 0 Å². The zero-order valence-corrected chi connectivity index (χ0v) is 11.2. The Labute approximate surface area is 105 Å². The lowest BCUT2D eigenvalue weighted by Crippen LogP contribution is -2.36. The lowest BCUT2D eigenvalue weighted by atomic mass is 9.98. The Morgan fingerprint density at radius 1 is 1.50 bits per heavy atom. The summed E-state index contributed by atoms with van der Waals surface area (Å²) in [5, 5.41) is 9.23. The van der Waals surface area contributed by atoms with Crippen LogP contribution in [0.25, 0.3) is 0 Å². The van der Waals surface area contributed by atoms with Gasteiger partial charge in [-0.15, -0.1) is 0 Å². The monoisotopic (exact) mass is 283 g/mol. The minimum atomic E-state index is 0.306. The summed E-state index contributed by atoms with van der Waals surface area (Å²) in [6.07, 6.45) is 2.32. The summed E-state index contributed by atoms with van der Waals surface area (Å²) in [4.78, 5) is 2.37. The molecule has 1 fully saturated rings. The molecule has 0 radical (unpaired) electrons. The van der Waals surface area contributed by atoms with Crippen molar-refractivity contribution in [3.8, 4) is 0 Å². The second-order valence-corrected chi connectivity index (χ2v) is 5.45. The second kappa shape index (κ2) is 5.19. The van der Waals surface area contributed by atoms with E-state index in [0.29, 0.717) is 12.5 Å². The minimum Gasteiger partial charge on any atom is -0.396 e. The first-order valence-electron chi connectivity index (χ1n) is 5.82. The molecule has 0 amide bonds. The predicted octanol–water partition coefficient (Wildman–Crippen LogP) is 2.97. The Kier molecular flexibility index (Phi) is 3.87. The summed E-state index contributed by atoms with van der Waals surface area (Å²) < 4.78 is 1.16. The van der Waals surface area contributed by atoms with E-state index in [-0.39, 0.29) is 0 Å². The van der Waals surface area contributed by atoms with Gasteiger partial charge in [-0.2, -0.15) is 0 Å². The van der Waals surface area contributed by atoms with E-state index >= 15 is 0 Å². The molecule has 0 saturated carbocycles. The number of aryl methyl sites for hydroxylation is 1. The molecular formula is C13H18BrNO. The van der Waals surface area contributed by atoms with Crippen molar-refractivity contribution >= 4 is 21.6 Å². The van der Waals surface area contributed by atoms with Crippen LogP contribution >= 0.6 is 15.9 Å². The molecule has 0 aliphatic carbocycles. The molecule has 1 N–H and O–H groups in total. The molecular weight excluding hydrogens is 266 g/mol. The number of piperidine rings is 1. The fourth-order valence-corrected chi connectivity index (χ4v) is 3.05. The summed E-state index contributed by atoms with van der Waals surface area (Å²) >= 11 is 3.62. The number of aliphatic hydroxyl groups excluding tert-OH is 1. The molecule has 1 saturated heterocycles. The van der Waals surface area contributed by atoms with Gasteiger partial charge in [-0.25, -0.2) is 0 Å². The summed E-state index contributed by atoms with van der Waals surface area (Å²) in [6.45, 7) is 4.47. The number of aliphatic hydroxyl groups is 1. The largest absolute Gasteiger partial charge is 0.396 e. The van der Waals surface area contributed by atoms with Gasteiger partial charge in [0.1, 0.15) is 0 Å². The fourth-order valence-electron chi connectivity index (χ4n) is 2.30. The third-order valence-corrected chi connectivity index (χ3v) is 3.86. The van der Waals surface area contributed by atoms with E-state index in [4.69, 9.17) is 0 Å². The number of halogens is 1. The zero-order valence-electron chi connectivity index (χ0n) is 9.62. The Morgan fingerprint density at radius 3 is 3.00 bits per heavy atom. The van der Waals surface area contributed by atoms with Gasteiger partial charge in [-0.05, 0) is 59.3 Å². The summed E-state index contributed by atoms with van der Waals surface area (Å²) in [5.41, 5.74) is 2.52. The van der Waals surface area contributed by atoms with Gasteiger partial charge in [-0.1, -0.05) is 6.07 Å². The molecule has 0 spiro atoms. The van der Waals surface area contributed by atoms with Crippen molar-refractivity contribution in [2.24, 2.45) is 5.92 Å². The van der Waals surface area contributed by atoms with Gasteiger partial charge in [0, 0.05) is 24.2 Å². The molecule has 3 heteroatoms. The number of benzene rings is 1. The number of nitrogens with zero attached hydrogens (tertiary/aromatic N) is 1. The van der Waals surface area contributed by atoms with Crippen LogP contribution in [-0.2, 0) is 0 Å². The fraction of sp³-hybridized carbons (Fsp3) is 0.538. The van der Waals surface area contributed by atoms with Crippen molar-refractivity contribution in [1.82, 2.24) is 0 Å². The van der Waals surface area contributed by atoms with Crippen LogP contribution in [0.2, 0.25) is 0 Å². The van der Waals surface area contributed by atoms with E-state index in [2.05, 4.69) is 46.0 Å². The van der Waals surface area contributed by atoms with E-state index in [1.807, 2.05) is 0 Å². The van der Waals surface area contributed by atoms with Gasteiger partial charge >= 0.3 is 0 Å². The van der Waals surface area contributed by atoms with Gasteiger partial charge in [0.2, 0.25) is 0 Å². The molecule has 16 heavy (non-hydrogen) atoms. The normalized spacial score (nSPS) is 21.2. The molecule has 1 atom stereocenters. The standard InChI is InChI=1S/C13H18BrNO/c1-10-4-5-13(12(14)7-10)15-6-2-3-11(8-15)9-16/h4-5,7,11,16H,2-3,6,8-9H2,1H3. The molecule has 1 aromatic rings. The first-order valence-corrected chi connectivity index (χ1v) is 6.62. The van der Waals surface area contributed by atoms with Crippen LogP contribution in [0.4, 0.5) is 5.69 Å². The molecule has 1 aliphatic heterocycles. The molecule has 1 aromatic carbocycles. The smallest absolute Gasteiger partial charge is 0.0510 e. The number of anilines is 1. The predicted molar refractivity (Wildman–Crippen MR) is 70.9 cm³/mol. The lowest BCUT2D eigenvalue weighted by molar-refractivity contribution is 0.208. The van der Waals surface area contributed by atoms with Gasteiger partial charge in [0.05, 0.1) is 5.69 Å². The van der Waals surface area contributed by atoms with Crippen molar-refractivity contribution in [3.05, 3.63) is 28.2 Å². The van der Waals surface area contributed by atoms with Crippen LogP contribution in [-0.4, -0.2) is 24.8 Å². The molecule has 1 aliphatic rings. The molecule has 2 nitrogen and oxygen atoms in total. The molecule has 1 heterocycles. The lowest BCUT2D eigenvalue weighted by Gasteiger charge is -2.34. The Hall–Kier alpha value is -0.540. The highest BCUT2D eigenvalue weighted by Crippen LogP contribution is 2.30. The van der Waals surface area contributed by atoms with Crippen LogP contribution in [0.3, 0.4) is 0 Å². The quantitative estimate of drug-likeness (QED) is 0.902. The van der Waals surface area contributed by atoms with Crippen molar-refractivity contribution in [2.75, 3.05) is 24.6 Å². The molecule has 1 unspecified atom stereocenters. The molecule has 88 valence electrons. The molecule has 0 aromatic heterocycles. The SMILES string of the molecule is Cc1ccc(N2CCCC(CO)C2)c(Br)c1. The van der Waals surface area contributed by atoms with Crippen LogP contribution in [0.1, 0.15) is 18.4 Å². The topological polar surface area (TPSA) is 23.5 Å². The maximum absolute atomic E-state index is 9.23. The van der Waals surface area contributed by atoms with Crippen LogP contribution in [0.15, 0.2) is 22.7 Å². The van der Waals surface area contributed by atoms with Crippen molar-refractivity contribution in [3.63, 3.8) is 0 Å². The highest BCUT2D eigenvalue weighted by atomic mass is 79.9. The Bertz CT molecular complexity index is 367. The van der Waals surface area contributed by atoms with Crippen molar-refractivity contribution < 1.29 is 5.11 Å². The summed E-state index contributed by atoms with van der Waals surface area (Å²) in [5.74, 6) is 0.432. The van der Waals surface area contributed by atoms with Crippen LogP contribution < -0.4 is 4.90 Å². The first kappa shape index (κ1) is 11.9. The average Bonchev–Trinajstić information content (AvgIpc) is 2.29. The minimum absolute atomic E-state index is 0.306. The summed E-state index contributed by atoms with van der Waals surface area (Å²) in [6, 6.07) is 6.46. The van der Waals surface area contributed by atoms with E-state index in [0.717, 1.165) is 24.0 Å². The average molecular weight is 284 g/mol. The van der Waals surface area contributed by atoms with Gasteiger partial charge in [0.25, 0.3) is 0 Å². The van der Waals surface area contributed by atoms with Gasteiger partial charge in [-0.3, -0.25) is 0 Å². The van der Waals surface area contributed by atoms with Crippen molar-refractivity contribution in [2.45, 2.75) is 19.8 Å². The Balaban J connectivity index is 2.16. The summed E-state index contributed by atoms with van der Waals surface area (Å²) in [7, 11) is 0. The maximum Gasteiger partial charge on any atom is 0.0510 e. The van der Waals surface area contributed by atoms with E-state index in [1.54, 1.807) is 0 Å². The Morgan fingerprint density at radius 2 is 2.31 bits per heavy atom. The molecule has 2 rings (SSSR count). The first-order chi connectivity index (χ1) is 7.70. The van der Waals surface area contributed by atoms with Gasteiger partial charge < -0.3 is 10.0 Å². The number of rotatable bonds is 2.